The molecular weight excluding hydrogens is 103 g/mol. The molecule has 8 heavy (non-hydrogen) atoms. The van der Waals surface area contributed by atoms with Gasteiger partial charge in [0.15, 0.2) is 0 Å². The molecule has 0 aromatic heterocycles. The summed E-state index contributed by atoms with van der Waals surface area (Å²) in [5.41, 5.74) is 0.924. The fourth-order valence-electron chi connectivity index (χ4n) is 0.822. The van der Waals surface area contributed by atoms with Gasteiger partial charge in [-0.15, -0.1) is 0 Å². The first-order chi connectivity index (χ1) is 3.93. The topological polar surface area (TPSA) is 0 Å². The van der Waals surface area contributed by atoms with E-state index in [9.17, 15) is 4.39 Å². The molecule has 1 aliphatic rings. The number of halogens is 1. The van der Waals surface area contributed by atoms with E-state index in [0.717, 1.165) is 31.2 Å². The Labute approximate surface area is 48.7 Å². The lowest BCUT2D eigenvalue weighted by molar-refractivity contribution is 0.689. The van der Waals surface area contributed by atoms with Crippen molar-refractivity contribution in [3.05, 3.63) is 24.1 Å². The highest BCUT2D eigenvalue weighted by Crippen LogP contribution is 2.16. The van der Waals surface area contributed by atoms with Crippen LogP contribution in [0.25, 0.3) is 0 Å². The highest BCUT2D eigenvalue weighted by molar-refractivity contribution is 5.09. The molecule has 1 heteroatoms. The molecule has 0 aromatic rings. The molecule has 1 aliphatic carbocycles. The Morgan fingerprint density at radius 2 is 2.38 bits per heavy atom. The second kappa shape index (κ2) is 2.65. The summed E-state index contributed by atoms with van der Waals surface area (Å²) in [5.74, 6) is 0. The van der Waals surface area contributed by atoms with Crippen LogP contribution in [0, 0.1) is 0 Å². The smallest absolute Gasteiger partial charge is 0.0862 e. The van der Waals surface area contributed by atoms with E-state index in [1.807, 2.05) is 6.08 Å². The third kappa shape index (κ3) is 1.19. The van der Waals surface area contributed by atoms with Crippen molar-refractivity contribution in [1.82, 2.24) is 0 Å². The molecule has 0 aliphatic heterocycles. The molecule has 0 spiro atoms. The fourth-order valence-corrected chi connectivity index (χ4v) is 0.822. The van der Waals surface area contributed by atoms with Crippen LogP contribution in [0.4, 0.5) is 4.39 Å². The van der Waals surface area contributed by atoms with Crippen LogP contribution in [0.3, 0.4) is 0 Å². The Kier molecular flexibility index (Phi) is 1.84. The SMILES string of the molecule is F/C=C1\CC=CCC1. The molecule has 0 bridgehead atoms. The van der Waals surface area contributed by atoms with Gasteiger partial charge in [0.1, 0.15) is 0 Å². The van der Waals surface area contributed by atoms with E-state index in [1.165, 1.54) is 0 Å². The van der Waals surface area contributed by atoms with Crippen molar-refractivity contribution in [2.75, 3.05) is 0 Å². The van der Waals surface area contributed by atoms with Crippen LogP contribution in [-0.2, 0) is 0 Å². The molecule has 0 saturated carbocycles. The van der Waals surface area contributed by atoms with Crippen LogP contribution in [0.5, 0.6) is 0 Å². The van der Waals surface area contributed by atoms with Crippen molar-refractivity contribution in [3.8, 4) is 0 Å². The Morgan fingerprint density at radius 3 is 2.75 bits per heavy atom. The van der Waals surface area contributed by atoms with Crippen molar-refractivity contribution in [2.24, 2.45) is 0 Å². The van der Waals surface area contributed by atoms with E-state index in [-0.39, 0.29) is 0 Å². The first-order valence-electron chi connectivity index (χ1n) is 2.86. The Morgan fingerprint density at radius 1 is 1.50 bits per heavy atom. The van der Waals surface area contributed by atoms with E-state index in [1.54, 1.807) is 0 Å². The Bertz CT molecular complexity index is 122. The van der Waals surface area contributed by atoms with Crippen molar-refractivity contribution >= 4 is 0 Å². The third-order valence-corrected chi connectivity index (χ3v) is 1.33. The van der Waals surface area contributed by atoms with Crippen LogP contribution >= 0.6 is 0 Å². The average molecular weight is 112 g/mol. The molecule has 0 amide bonds. The standard InChI is InChI=1S/C7H9F/c8-6-7-4-2-1-3-5-7/h1-2,6H,3-5H2/b7-6+. The predicted octanol–water partition coefficient (Wildman–Crippen LogP) is 2.58. The summed E-state index contributed by atoms with van der Waals surface area (Å²) >= 11 is 0. The van der Waals surface area contributed by atoms with Crippen molar-refractivity contribution < 1.29 is 4.39 Å². The van der Waals surface area contributed by atoms with E-state index in [2.05, 4.69) is 6.08 Å². The number of allylic oxidation sites excluding steroid dienone is 3. The second-order valence-corrected chi connectivity index (χ2v) is 1.98. The monoisotopic (exact) mass is 112 g/mol. The van der Waals surface area contributed by atoms with Crippen molar-refractivity contribution in [2.45, 2.75) is 19.3 Å². The summed E-state index contributed by atoms with van der Waals surface area (Å²) in [6, 6.07) is 0. The third-order valence-electron chi connectivity index (χ3n) is 1.33. The molecule has 0 fully saturated rings. The minimum atomic E-state index is 0.726. The summed E-state index contributed by atoms with van der Waals surface area (Å²) in [6.07, 6.45) is 7.56. The van der Waals surface area contributed by atoms with Gasteiger partial charge in [-0.1, -0.05) is 12.2 Å². The summed E-state index contributed by atoms with van der Waals surface area (Å²) in [5, 5.41) is 0. The van der Waals surface area contributed by atoms with Gasteiger partial charge in [-0.05, 0) is 24.8 Å². The van der Waals surface area contributed by atoms with Gasteiger partial charge in [-0.25, -0.2) is 4.39 Å². The predicted molar refractivity (Wildman–Crippen MR) is 32.2 cm³/mol. The zero-order valence-corrected chi connectivity index (χ0v) is 4.73. The minimum absolute atomic E-state index is 0.726. The highest BCUT2D eigenvalue weighted by Gasteiger charge is 1.97. The van der Waals surface area contributed by atoms with E-state index < -0.39 is 0 Å². The van der Waals surface area contributed by atoms with Crippen LogP contribution in [0.2, 0.25) is 0 Å². The number of rotatable bonds is 0. The maximum atomic E-state index is 11.7. The normalized spacial score (nSPS) is 24.4. The summed E-state index contributed by atoms with van der Waals surface area (Å²) in [6.45, 7) is 0. The number of hydrogen-bond acceptors (Lipinski definition) is 0. The van der Waals surface area contributed by atoms with Gasteiger partial charge in [-0.2, -0.15) is 0 Å². The molecule has 0 N–H and O–H groups in total. The molecule has 0 radical (unpaired) electrons. The molecule has 0 nitrogen and oxygen atoms in total. The van der Waals surface area contributed by atoms with Crippen LogP contribution in [0.1, 0.15) is 19.3 Å². The van der Waals surface area contributed by atoms with E-state index in [4.69, 9.17) is 0 Å². The molecule has 0 atom stereocenters. The zero-order chi connectivity index (χ0) is 5.82. The lowest BCUT2D eigenvalue weighted by Crippen LogP contribution is -1.84. The lowest BCUT2D eigenvalue weighted by atomic mass is 10.0. The van der Waals surface area contributed by atoms with Crippen molar-refractivity contribution in [3.63, 3.8) is 0 Å². The van der Waals surface area contributed by atoms with Gasteiger partial charge >= 0.3 is 0 Å². The van der Waals surface area contributed by atoms with E-state index in [0.29, 0.717) is 0 Å². The first kappa shape index (κ1) is 5.54. The lowest BCUT2D eigenvalue weighted by Gasteiger charge is -2.03. The quantitative estimate of drug-likeness (QED) is 0.422. The molecule has 1 rings (SSSR count). The van der Waals surface area contributed by atoms with Gasteiger partial charge in [0.2, 0.25) is 0 Å². The minimum Gasteiger partial charge on any atom is -0.216 e. The maximum Gasteiger partial charge on any atom is 0.0862 e. The average Bonchev–Trinajstić information content (AvgIpc) is 1.90. The van der Waals surface area contributed by atoms with Gasteiger partial charge in [0.05, 0.1) is 6.33 Å². The molecule has 0 heterocycles. The highest BCUT2D eigenvalue weighted by atomic mass is 19.1. The summed E-state index contributed by atoms with van der Waals surface area (Å²) in [7, 11) is 0. The number of hydrogen-bond donors (Lipinski definition) is 0. The maximum absolute atomic E-state index is 11.7. The Balaban J connectivity index is 2.50. The first-order valence-corrected chi connectivity index (χ1v) is 2.86. The molecular formula is C7H9F. The molecule has 0 unspecified atom stereocenters. The summed E-state index contributed by atoms with van der Waals surface area (Å²) < 4.78 is 11.7. The fraction of sp³-hybridized carbons (Fsp3) is 0.429. The molecule has 0 aromatic carbocycles. The van der Waals surface area contributed by atoms with Gasteiger partial charge in [0.25, 0.3) is 0 Å². The van der Waals surface area contributed by atoms with Crippen LogP contribution in [-0.4, -0.2) is 0 Å². The van der Waals surface area contributed by atoms with Crippen molar-refractivity contribution in [1.29, 1.82) is 0 Å². The molecule has 44 valence electrons. The summed E-state index contributed by atoms with van der Waals surface area (Å²) in [4.78, 5) is 0. The Hall–Kier alpha value is -0.590. The zero-order valence-electron chi connectivity index (χ0n) is 4.73. The van der Waals surface area contributed by atoms with E-state index >= 15 is 0 Å². The van der Waals surface area contributed by atoms with Crippen LogP contribution < -0.4 is 0 Å². The van der Waals surface area contributed by atoms with Gasteiger partial charge in [-0.3, -0.25) is 0 Å². The van der Waals surface area contributed by atoms with Gasteiger partial charge in [0, 0.05) is 0 Å². The second-order valence-electron chi connectivity index (χ2n) is 1.98. The largest absolute Gasteiger partial charge is 0.216 e. The molecule has 0 saturated heterocycles. The van der Waals surface area contributed by atoms with Crippen LogP contribution in [0.15, 0.2) is 24.1 Å². The van der Waals surface area contributed by atoms with Gasteiger partial charge < -0.3 is 0 Å².